The second-order valence-corrected chi connectivity index (χ2v) is 6.54. The summed E-state index contributed by atoms with van der Waals surface area (Å²) in [7, 11) is 0. The highest BCUT2D eigenvalue weighted by atomic mass is 32.1. The van der Waals surface area contributed by atoms with Gasteiger partial charge < -0.3 is 16.0 Å². The normalized spacial score (nSPS) is 11.3. The van der Waals surface area contributed by atoms with Gasteiger partial charge in [-0.15, -0.1) is 0 Å². The Morgan fingerprint density at radius 2 is 1.41 bits per heavy atom. The second-order valence-electron chi connectivity index (χ2n) is 6.13. The van der Waals surface area contributed by atoms with Crippen LogP contribution in [0.15, 0.2) is 84.9 Å². The summed E-state index contributed by atoms with van der Waals surface area (Å²) in [6.45, 7) is 1.97. The molecule has 0 saturated carbocycles. The summed E-state index contributed by atoms with van der Waals surface area (Å²) in [6, 6.07) is 26.7. The minimum Gasteiger partial charge on any atom is -0.346 e. The molecule has 0 radical (unpaired) electrons. The van der Waals surface area contributed by atoms with E-state index in [1.54, 1.807) is 12.1 Å². The van der Waals surface area contributed by atoms with Gasteiger partial charge in [-0.1, -0.05) is 54.6 Å². The fourth-order valence-corrected chi connectivity index (χ4v) is 2.89. The zero-order valence-electron chi connectivity index (χ0n) is 15.0. The van der Waals surface area contributed by atoms with Crippen LogP contribution in [0.2, 0.25) is 0 Å². The van der Waals surface area contributed by atoms with Crippen LogP contribution >= 0.6 is 12.2 Å². The fraction of sp³-hybridized carbons (Fsp3) is 0.0909. The third kappa shape index (κ3) is 5.39. The number of amides is 1. The maximum absolute atomic E-state index is 12.6. The molecule has 0 heterocycles. The van der Waals surface area contributed by atoms with Crippen LogP contribution in [0.4, 0.5) is 11.4 Å². The Balaban J connectivity index is 1.62. The van der Waals surface area contributed by atoms with Gasteiger partial charge >= 0.3 is 0 Å². The largest absolute Gasteiger partial charge is 0.346 e. The zero-order valence-corrected chi connectivity index (χ0v) is 15.8. The monoisotopic (exact) mass is 375 g/mol. The van der Waals surface area contributed by atoms with E-state index in [4.69, 9.17) is 12.2 Å². The molecule has 0 aromatic heterocycles. The van der Waals surface area contributed by atoms with Gasteiger partial charge in [-0.05, 0) is 55.0 Å². The molecule has 0 spiro atoms. The van der Waals surface area contributed by atoms with E-state index in [0.29, 0.717) is 10.7 Å². The summed E-state index contributed by atoms with van der Waals surface area (Å²) in [5, 5.41) is 9.71. The van der Waals surface area contributed by atoms with E-state index in [1.807, 2.05) is 79.7 Å². The topological polar surface area (TPSA) is 53.2 Å². The van der Waals surface area contributed by atoms with Crippen LogP contribution < -0.4 is 16.0 Å². The van der Waals surface area contributed by atoms with Gasteiger partial charge in [-0.25, -0.2) is 0 Å². The minimum absolute atomic E-state index is 0.0730. The molecule has 0 aliphatic heterocycles. The van der Waals surface area contributed by atoms with Crippen LogP contribution in [-0.4, -0.2) is 11.0 Å². The predicted molar refractivity (Wildman–Crippen MR) is 115 cm³/mol. The number of hydrogen-bond acceptors (Lipinski definition) is 2. The van der Waals surface area contributed by atoms with Crippen molar-refractivity contribution in [3.63, 3.8) is 0 Å². The summed E-state index contributed by atoms with van der Waals surface area (Å²) in [5.41, 5.74) is 3.29. The molecular weight excluding hydrogens is 354 g/mol. The van der Waals surface area contributed by atoms with E-state index in [2.05, 4.69) is 16.0 Å². The molecule has 4 nitrogen and oxygen atoms in total. The lowest BCUT2D eigenvalue weighted by Gasteiger charge is -2.15. The van der Waals surface area contributed by atoms with Crippen molar-refractivity contribution < 1.29 is 4.79 Å². The molecule has 3 N–H and O–H groups in total. The van der Waals surface area contributed by atoms with E-state index in [0.717, 1.165) is 16.9 Å². The first-order valence-corrected chi connectivity index (χ1v) is 9.11. The Bertz CT molecular complexity index is 913. The van der Waals surface area contributed by atoms with Crippen LogP contribution in [-0.2, 0) is 0 Å². The Kier molecular flexibility index (Phi) is 6.18. The Morgan fingerprint density at radius 1 is 0.815 bits per heavy atom. The van der Waals surface area contributed by atoms with Crippen LogP contribution in [0, 0.1) is 0 Å². The van der Waals surface area contributed by atoms with Gasteiger partial charge in [-0.2, -0.15) is 0 Å². The lowest BCUT2D eigenvalue weighted by molar-refractivity contribution is 0.0940. The molecule has 3 aromatic rings. The van der Waals surface area contributed by atoms with Crippen molar-refractivity contribution in [3.05, 3.63) is 96.1 Å². The molecule has 0 aliphatic carbocycles. The quantitative estimate of drug-likeness (QED) is 0.550. The molecule has 0 fully saturated rings. The number of para-hydroxylation sites is 1. The Labute approximate surface area is 164 Å². The van der Waals surface area contributed by atoms with Crippen molar-refractivity contribution >= 4 is 34.6 Å². The summed E-state index contributed by atoms with van der Waals surface area (Å²) in [5.74, 6) is -0.128. The lowest BCUT2D eigenvalue weighted by atomic mass is 10.1. The molecule has 27 heavy (non-hydrogen) atoms. The molecule has 136 valence electrons. The van der Waals surface area contributed by atoms with E-state index in [9.17, 15) is 4.79 Å². The van der Waals surface area contributed by atoms with E-state index >= 15 is 0 Å². The summed E-state index contributed by atoms with van der Waals surface area (Å²) < 4.78 is 0. The highest BCUT2D eigenvalue weighted by molar-refractivity contribution is 7.80. The van der Waals surface area contributed by atoms with Gasteiger partial charge in [0.25, 0.3) is 5.91 Å². The minimum atomic E-state index is -0.128. The van der Waals surface area contributed by atoms with Gasteiger partial charge in [0.1, 0.15) is 0 Å². The summed E-state index contributed by atoms with van der Waals surface area (Å²) in [6.07, 6.45) is 0. The van der Waals surface area contributed by atoms with E-state index in [1.165, 1.54) is 0 Å². The van der Waals surface area contributed by atoms with Gasteiger partial charge in [0.15, 0.2) is 5.11 Å². The van der Waals surface area contributed by atoms with Crippen LogP contribution in [0.3, 0.4) is 0 Å². The maximum Gasteiger partial charge on any atom is 0.251 e. The molecule has 3 rings (SSSR count). The molecular formula is C22H21N3OS. The number of anilines is 2. The third-order valence-corrected chi connectivity index (χ3v) is 4.27. The number of carbonyl (C=O) groups is 1. The smallest absolute Gasteiger partial charge is 0.251 e. The Hall–Kier alpha value is -3.18. The highest BCUT2D eigenvalue weighted by Gasteiger charge is 2.12. The number of nitrogens with one attached hydrogen (secondary N) is 3. The van der Waals surface area contributed by atoms with Crippen molar-refractivity contribution in [1.29, 1.82) is 0 Å². The standard InChI is InChI=1S/C22H21N3OS/c1-16(17-9-4-2-5-10-17)23-21(26)18-11-8-14-20(15-18)25-22(27)24-19-12-6-3-7-13-19/h2-16H,1H3,(H,23,26)(H2,24,25,27). The van der Waals surface area contributed by atoms with E-state index < -0.39 is 0 Å². The first-order valence-electron chi connectivity index (χ1n) is 8.71. The molecule has 1 amide bonds. The fourth-order valence-electron chi connectivity index (χ4n) is 2.66. The van der Waals surface area contributed by atoms with Crippen molar-refractivity contribution in [2.45, 2.75) is 13.0 Å². The van der Waals surface area contributed by atoms with Crippen molar-refractivity contribution in [1.82, 2.24) is 5.32 Å². The molecule has 0 aliphatic rings. The first kappa shape index (κ1) is 18.6. The van der Waals surface area contributed by atoms with Gasteiger partial charge in [0.2, 0.25) is 0 Å². The molecule has 0 bridgehead atoms. The molecule has 1 unspecified atom stereocenters. The number of thiocarbonyl (C=S) groups is 1. The van der Waals surface area contributed by atoms with Gasteiger partial charge in [-0.3, -0.25) is 4.79 Å². The first-order chi connectivity index (χ1) is 13.1. The van der Waals surface area contributed by atoms with Crippen molar-refractivity contribution in [3.8, 4) is 0 Å². The second kappa shape index (κ2) is 8.96. The zero-order chi connectivity index (χ0) is 19.1. The third-order valence-electron chi connectivity index (χ3n) is 4.06. The number of rotatable bonds is 5. The predicted octanol–water partition coefficient (Wildman–Crippen LogP) is 4.99. The maximum atomic E-state index is 12.6. The van der Waals surface area contributed by atoms with Crippen molar-refractivity contribution in [2.24, 2.45) is 0 Å². The number of carbonyl (C=O) groups excluding carboxylic acids is 1. The van der Waals surface area contributed by atoms with Crippen molar-refractivity contribution in [2.75, 3.05) is 10.6 Å². The SMILES string of the molecule is CC(NC(=O)c1cccc(NC(=S)Nc2ccccc2)c1)c1ccccc1. The van der Waals surface area contributed by atoms with E-state index in [-0.39, 0.29) is 11.9 Å². The summed E-state index contributed by atoms with van der Waals surface area (Å²) in [4.78, 5) is 12.6. The molecule has 0 saturated heterocycles. The summed E-state index contributed by atoms with van der Waals surface area (Å²) >= 11 is 5.34. The average molecular weight is 375 g/mol. The van der Waals surface area contributed by atoms with Gasteiger partial charge in [0.05, 0.1) is 6.04 Å². The Morgan fingerprint density at radius 3 is 2.11 bits per heavy atom. The molecule has 3 aromatic carbocycles. The van der Waals surface area contributed by atoms with Crippen LogP contribution in [0.25, 0.3) is 0 Å². The van der Waals surface area contributed by atoms with Crippen LogP contribution in [0.5, 0.6) is 0 Å². The molecule has 5 heteroatoms. The highest BCUT2D eigenvalue weighted by Crippen LogP contribution is 2.15. The van der Waals surface area contributed by atoms with Gasteiger partial charge in [0, 0.05) is 16.9 Å². The number of benzene rings is 3. The average Bonchev–Trinajstić information content (AvgIpc) is 2.69. The molecule has 1 atom stereocenters. The number of hydrogen-bond donors (Lipinski definition) is 3. The van der Waals surface area contributed by atoms with Crippen LogP contribution in [0.1, 0.15) is 28.9 Å². The lowest BCUT2D eigenvalue weighted by Crippen LogP contribution is -2.26.